The number of hydrogen-bond donors (Lipinski definition) is 0. The highest BCUT2D eigenvalue weighted by Crippen LogP contribution is 2.48. The molecule has 1 aliphatic heterocycles. The molecule has 0 saturated heterocycles. The Kier molecular flexibility index (Phi) is 2.39. The molecule has 0 unspecified atom stereocenters. The van der Waals surface area contributed by atoms with Crippen molar-refractivity contribution in [3.63, 3.8) is 0 Å². The number of fused-ring (bicyclic) bond motifs is 1. The van der Waals surface area contributed by atoms with E-state index < -0.39 is 19.6 Å². The lowest BCUT2D eigenvalue weighted by Crippen LogP contribution is -2.09. The molecule has 0 radical (unpaired) electrons. The van der Waals surface area contributed by atoms with Crippen molar-refractivity contribution < 1.29 is 17.5 Å². The second-order valence-electron chi connectivity index (χ2n) is 2.99. The van der Waals surface area contributed by atoms with Gasteiger partial charge >= 0.3 is 10.1 Å². The van der Waals surface area contributed by atoms with Crippen LogP contribution < -0.4 is 0 Å². The summed E-state index contributed by atoms with van der Waals surface area (Å²) in [5, 5.41) is 10.5. The van der Waals surface area contributed by atoms with Crippen LogP contribution in [0.4, 0.5) is 5.69 Å². The number of nitrogens with zero attached hydrogens (tertiary/aromatic N) is 1. The first-order chi connectivity index (χ1) is 7.24. The van der Waals surface area contributed by atoms with Gasteiger partial charge in [-0.3, -0.25) is 10.1 Å². The largest absolute Gasteiger partial charge is 0.300 e. The van der Waals surface area contributed by atoms with E-state index >= 15 is 0 Å². The van der Waals surface area contributed by atoms with Gasteiger partial charge in [0.2, 0.25) is 0 Å². The summed E-state index contributed by atoms with van der Waals surface area (Å²) in [7, 11) is -4.04. The summed E-state index contributed by atoms with van der Waals surface area (Å²) >= 11 is 11.2. The Morgan fingerprint density at radius 1 is 1.38 bits per heavy atom. The summed E-state index contributed by atoms with van der Waals surface area (Å²) in [6.45, 7) is 0. The Bertz CT molecular complexity index is 582. The van der Waals surface area contributed by atoms with E-state index in [1.165, 1.54) is 0 Å². The second kappa shape index (κ2) is 3.30. The zero-order valence-corrected chi connectivity index (χ0v) is 9.71. The molecule has 0 bridgehead atoms. The molecule has 1 aromatic rings. The summed E-state index contributed by atoms with van der Waals surface area (Å²) in [6.07, 6.45) is 0. The monoisotopic (exact) mass is 283 g/mol. The van der Waals surface area contributed by atoms with Gasteiger partial charge in [-0.1, -0.05) is 23.2 Å². The minimum atomic E-state index is -4.04. The van der Waals surface area contributed by atoms with Crippen molar-refractivity contribution in [2.45, 2.75) is 9.41 Å². The smallest absolute Gasteiger partial charge is 0.258 e. The molecule has 16 heavy (non-hydrogen) atoms. The van der Waals surface area contributed by atoms with Crippen LogP contribution in [0, 0.1) is 10.1 Å². The van der Waals surface area contributed by atoms with Crippen LogP contribution in [0.5, 0.6) is 0 Å². The topological polar surface area (TPSA) is 86.5 Å². The van der Waals surface area contributed by atoms with E-state index in [0.717, 1.165) is 18.2 Å². The standard InChI is InChI=1S/C7H3Cl2NO5S/c8-7(9)5-3-4(10(11)12)1-2-6(5)16(13,14)15-7/h1-3H. The maximum atomic E-state index is 11.4. The van der Waals surface area contributed by atoms with Gasteiger partial charge in [0.05, 0.1) is 4.92 Å². The SMILES string of the molecule is O=[N+]([O-])c1ccc2c(c1)C(Cl)(Cl)OS2(=O)=O. The van der Waals surface area contributed by atoms with Crippen LogP contribution in [0.2, 0.25) is 0 Å². The average molecular weight is 284 g/mol. The van der Waals surface area contributed by atoms with Gasteiger partial charge in [-0.15, -0.1) is 0 Å². The predicted molar refractivity (Wildman–Crippen MR) is 54.8 cm³/mol. The third-order valence-corrected chi connectivity index (χ3v) is 4.08. The van der Waals surface area contributed by atoms with Crippen molar-refractivity contribution in [2.75, 3.05) is 0 Å². The van der Waals surface area contributed by atoms with Crippen LogP contribution >= 0.6 is 23.2 Å². The molecule has 0 N–H and O–H groups in total. The maximum Gasteiger partial charge on any atom is 0.300 e. The Labute approximate surface area is 100.0 Å². The molecule has 0 atom stereocenters. The number of hydrogen-bond acceptors (Lipinski definition) is 5. The fourth-order valence-electron chi connectivity index (χ4n) is 1.30. The molecule has 2 rings (SSSR count). The van der Waals surface area contributed by atoms with Gasteiger partial charge in [0.25, 0.3) is 10.2 Å². The number of non-ortho nitro benzene ring substituents is 1. The van der Waals surface area contributed by atoms with Gasteiger partial charge in [0, 0.05) is 17.7 Å². The fraction of sp³-hybridized carbons (Fsp3) is 0.143. The van der Waals surface area contributed by atoms with Gasteiger partial charge < -0.3 is 0 Å². The molecule has 1 aliphatic rings. The van der Waals surface area contributed by atoms with Gasteiger partial charge in [0.15, 0.2) is 0 Å². The van der Waals surface area contributed by atoms with Crippen molar-refractivity contribution in [2.24, 2.45) is 0 Å². The number of nitro groups is 1. The highest BCUT2D eigenvalue weighted by atomic mass is 35.5. The third kappa shape index (κ3) is 1.65. The first kappa shape index (κ1) is 11.6. The van der Waals surface area contributed by atoms with E-state index in [9.17, 15) is 18.5 Å². The fourth-order valence-corrected chi connectivity index (χ4v) is 3.39. The Morgan fingerprint density at radius 2 is 2.00 bits per heavy atom. The van der Waals surface area contributed by atoms with Gasteiger partial charge in [0.1, 0.15) is 4.90 Å². The lowest BCUT2D eigenvalue weighted by atomic mass is 10.2. The normalized spacial score (nSPS) is 20.4. The van der Waals surface area contributed by atoms with E-state index in [-0.39, 0.29) is 16.1 Å². The van der Waals surface area contributed by atoms with Crippen molar-refractivity contribution in [1.82, 2.24) is 0 Å². The summed E-state index contributed by atoms with van der Waals surface area (Å²) in [5.41, 5.74) is -0.463. The Morgan fingerprint density at radius 3 is 2.56 bits per heavy atom. The van der Waals surface area contributed by atoms with Gasteiger partial charge in [-0.05, 0) is 6.07 Å². The Hall–Kier alpha value is -0.890. The molecule has 9 heteroatoms. The summed E-state index contributed by atoms with van der Waals surface area (Å²) in [6, 6.07) is 3.05. The molecule has 0 saturated carbocycles. The Balaban J connectivity index is 2.73. The number of benzene rings is 1. The van der Waals surface area contributed by atoms with Crippen molar-refractivity contribution in [1.29, 1.82) is 0 Å². The average Bonchev–Trinajstić information content (AvgIpc) is 2.32. The summed E-state index contributed by atoms with van der Waals surface area (Å²) in [5.74, 6) is 0. The van der Waals surface area contributed by atoms with Crippen molar-refractivity contribution in [3.8, 4) is 0 Å². The molecule has 1 aromatic carbocycles. The summed E-state index contributed by atoms with van der Waals surface area (Å²) in [4.78, 5) is 9.56. The molecular weight excluding hydrogens is 281 g/mol. The highest BCUT2D eigenvalue weighted by Gasteiger charge is 2.47. The van der Waals surface area contributed by atoms with E-state index in [2.05, 4.69) is 4.18 Å². The molecule has 1 heterocycles. The first-order valence-corrected chi connectivity index (χ1v) is 6.03. The van der Waals surface area contributed by atoms with Crippen molar-refractivity contribution >= 4 is 39.0 Å². The summed E-state index contributed by atoms with van der Waals surface area (Å²) < 4.78 is 25.1. The lowest BCUT2D eigenvalue weighted by Gasteiger charge is -2.08. The second-order valence-corrected chi connectivity index (χ2v) is 5.76. The molecule has 0 aliphatic carbocycles. The van der Waals surface area contributed by atoms with Crippen LogP contribution in [0.15, 0.2) is 23.1 Å². The first-order valence-electron chi connectivity index (χ1n) is 3.86. The molecule has 6 nitrogen and oxygen atoms in total. The highest BCUT2D eigenvalue weighted by molar-refractivity contribution is 7.87. The maximum absolute atomic E-state index is 11.4. The van der Waals surface area contributed by atoms with E-state index in [1.807, 2.05) is 0 Å². The van der Waals surface area contributed by atoms with Gasteiger partial charge in [-0.2, -0.15) is 8.42 Å². The van der Waals surface area contributed by atoms with E-state index in [1.54, 1.807) is 0 Å². The van der Waals surface area contributed by atoms with Crippen LogP contribution in [-0.4, -0.2) is 13.3 Å². The minimum Gasteiger partial charge on any atom is -0.258 e. The van der Waals surface area contributed by atoms with Crippen LogP contribution in [0.3, 0.4) is 0 Å². The van der Waals surface area contributed by atoms with E-state index in [0.29, 0.717) is 0 Å². The lowest BCUT2D eigenvalue weighted by molar-refractivity contribution is -0.385. The minimum absolute atomic E-state index is 0.148. The molecule has 0 aromatic heterocycles. The predicted octanol–water partition coefficient (Wildman–Crippen LogP) is 1.90. The van der Waals surface area contributed by atoms with Crippen LogP contribution in [0.25, 0.3) is 0 Å². The van der Waals surface area contributed by atoms with Crippen LogP contribution in [0.1, 0.15) is 5.56 Å². The number of rotatable bonds is 1. The number of nitro benzene ring substituents is 1. The molecule has 0 fully saturated rings. The van der Waals surface area contributed by atoms with Crippen LogP contribution in [-0.2, 0) is 18.8 Å². The molecule has 0 spiro atoms. The molecule has 0 amide bonds. The zero-order chi connectivity index (χ0) is 12.1. The third-order valence-electron chi connectivity index (χ3n) is 1.97. The molecule has 86 valence electrons. The van der Waals surface area contributed by atoms with Gasteiger partial charge in [-0.25, -0.2) is 4.18 Å². The quantitative estimate of drug-likeness (QED) is 0.340. The van der Waals surface area contributed by atoms with E-state index in [4.69, 9.17) is 23.2 Å². The number of alkyl halides is 2. The molecular formula is C7H3Cl2NO5S. The zero-order valence-electron chi connectivity index (χ0n) is 7.38. The number of halogens is 2. The van der Waals surface area contributed by atoms with Crippen molar-refractivity contribution in [3.05, 3.63) is 33.9 Å².